The lowest BCUT2D eigenvalue weighted by Crippen LogP contribution is -2.16. The van der Waals surface area contributed by atoms with E-state index in [1.807, 2.05) is 26.1 Å². The highest BCUT2D eigenvalue weighted by Crippen LogP contribution is 2.26. The Balaban J connectivity index is 2.02. The molecule has 1 unspecified atom stereocenters. The largest absolute Gasteiger partial charge is 0.464 e. The summed E-state index contributed by atoms with van der Waals surface area (Å²) in [6, 6.07) is 14.7. The van der Waals surface area contributed by atoms with Crippen LogP contribution in [0.3, 0.4) is 0 Å². The van der Waals surface area contributed by atoms with Gasteiger partial charge in [0.15, 0.2) is 0 Å². The van der Waals surface area contributed by atoms with Crippen LogP contribution in [0.4, 0.5) is 0 Å². The van der Waals surface area contributed by atoms with Crippen molar-refractivity contribution in [2.75, 3.05) is 7.05 Å². The quantitative estimate of drug-likeness (QED) is 0.784. The maximum Gasteiger partial charge on any atom is 0.125 e. The fraction of sp³-hybridized carbons (Fsp3) is 0.278. The van der Waals surface area contributed by atoms with Gasteiger partial charge in [-0.25, -0.2) is 0 Å². The van der Waals surface area contributed by atoms with Crippen LogP contribution >= 0.6 is 0 Å². The van der Waals surface area contributed by atoms with Gasteiger partial charge in [-0.15, -0.1) is 0 Å². The van der Waals surface area contributed by atoms with E-state index in [1.165, 1.54) is 5.56 Å². The smallest absolute Gasteiger partial charge is 0.125 e. The third kappa shape index (κ3) is 2.69. The lowest BCUT2D eigenvalue weighted by atomic mass is 10.0. The summed E-state index contributed by atoms with van der Waals surface area (Å²) in [5.74, 6) is 1.97. The highest BCUT2D eigenvalue weighted by molar-refractivity contribution is 5.79. The molecule has 108 valence electrons. The molecule has 0 aliphatic heterocycles. The average Bonchev–Trinajstić information content (AvgIpc) is 2.97. The molecule has 0 saturated carbocycles. The molecule has 2 heterocycles. The van der Waals surface area contributed by atoms with Crippen LogP contribution in [0.5, 0.6) is 0 Å². The molecule has 0 aliphatic rings. The van der Waals surface area contributed by atoms with Crippen LogP contribution < -0.4 is 5.32 Å². The molecule has 3 nitrogen and oxygen atoms in total. The van der Waals surface area contributed by atoms with Crippen LogP contribution in [0.1, 0.15) is 35.7 Å². The fourth-order valence-electron chi connectivity index (χ4n) is 2.64. The van der Waals surface area contributed by atoms with Crippen molar-refractivity contribution in [3.8, 4) is 0 Å². The second-order valence-electron chi connectivity index (χ2n) is 5.28. The van der Waals surface area contributed by atoms with Crippen molar-refractivity contribution in [1.82, 2.24) is 10.3 Å². The summed E-state index contributed by atoms with van der Waals surface area (Å²) in [4.78, 5) is 4.55. The summed E-state index contributed by atoms with van der Waals surface area (Å²) in [7, 11) is 1.95. The van der Waals surface area contributed by atoms with Crippen molar-refractivity contribution >= 4 is 10.9 Å². The monoisotopic (exact) mass is 280 g/mol. The molecule has 0 aliphatic carbocycles. The summed E-state index contributed by atoms with van der Waals surface area (Å²) in [6.45, 7) is 4.11. The molecule has 0 amide bonds. The van der Waals surface area contributed by atoms with Gasteiger partial charge in [0, 0.05) is 17.5 Å². The number of hydrogen-bond acceptors (Lipinski definition) is 3. The Bertz CT molecular complexity index is 761. The summed E-state index contributed by atoms with van der Waals surface area (Å²) >= 11 is 0. The van der Waals surface area contributed by atoms with Gasteiger partial charge in [0.25, 0.3) is 0 Å². The Morgan fingerprint density at radius 1 is 1.14 bits per heavy atom. The number of rotatable bonds is 4. The maximum absolute atomic E-state index is 5.89. The Morgan fingerprint density at radius 3 is 2.71 bits per heavy atom. The number of nitrogens with one attached hydrogen (secondary N) is 1. The molecule has 3 rings (SSSR count). The molecule has 0 bridgehead atoms. The van der Waals surface area contributed by atoms with Crippen LogP contribution in [0.25, 0.3) is 10.9 Å². The van der Waals surface area contributed by atoms with E-state index in [4.69, 9.17) is 4.42 Å². The average molecular weight is 280 g/mol. The molecule has 1 N–H and O–H groups in total. The maximum atomic E-state index is 5.89. The van der Waals surface area contributed by atoms with Gasteiger partial charge in [-0.2, -0.15) is 0 Å². The normalized spacial score (nSPS) is 12.7. The number of pyridine rings is 1. The van der Waals surface area contributed by atoms with Gasteiger partial charge < -0.3 is 9.73 Å². The van der Waals surface area contributed by atoms with Crippen molar-refractivity contribution in [2.24, 2.45) is 0 Å². The van der Waals surface area contributed by atoms with Crippen molar-refractivity contribution in [1.29, 1.82) is 0 Å². The van der Waals surface area contributed by atoms with E-state index < -0.39 is 0 Å². The summed E-state index contributed by atoms with van der Waals surface area (Å²) in [6.07, 6.45) is 0.914. The second kappa shape index (κ2) is 5.70. The number of aryl methyl sites for hydroxylation is 2. The van der Waals surface area contributed by atoms with Crippen molar-refractivity contribution in [3.63, 3.8) is 0 Å². The molecule has 0 spiro atoms. The standard InChI is InChI=1S/C18H20N2O/c1-4-15-8-10-17(21-15)18(19-3)14-7-9-16-13(11-14)6-5-12(2)20-16/h5-11,18-19H,4H2,1-3H3. The van der Waals surface area contributed by atoms with Crippen LogP contribution in [-0.4, -0.2) is 12.0 Å². The second-order valence-corrected chi connectivity index (χ2v) is 5.28. The van der Waals surface area contributed by atoms with E-state index in [2.05, 4.69) is 47.6 Å². The zero-order valence-corrected chi connectivity index (χ0v) is 12.7. The fourth-order valence-corrected chi connectivity index (χ4v) is 2.64. The number of fused-ring (bicyclic) bond motifs is 1. The van der Waals surface area contributed by atoms with E-state index in [9.17, 15) is 0 Å². The van der Waals surface area contributed by atoms with Gasteiger partial charge in [-0.3, -0.25) is 4.98 Å². The van der Waals surface area contributed by atoms with Gasteiger partial charge in [-0.1, -0.05) is 19.1 Å². The first-order chi connectivity index (χ1) is 10.2. The molecule has 1 atom stereocenters. The Morgan fingerprint density at radius 2 is 2.00 bits per heavy atom. The first-order valence-electron chi connectivity index (χ1n) is 7.34. The minimum atomic E-state index is 0.0657. The molecule has 3 heteroatoms. The van der Waals surface area contributed by atoms with Crippen LogP contribution in [-0.2, 0) is 6.42 Å². The van der Waals surface area contributed by atoms with Crippen molar-refractivity contribution in [3.05, 3.63) is 65.2 Å². The molecule has 0 fully saturated rings. The van der Waals surface area contributed by atoms with Crippen LogP contribution in [0.2, 0.25) is 0 Å². The topological polar surface area (TPSA) is 38.1 Å². The zero-order chi connectivity index (χ0) is 14.8. The number of hydrogen-bond donors (Lipinski definition) is 1. The molecule has 0 saturated heterocycles. The molecule has 2 aromatic heterocycles. The number of aromatic nitrogens is 1. The first kappa shape index (κ1) is 13.8. The van der Waals surface area contributed by atoms with Crippen LogP contribution in [0.15, 0.2) is 46.9 Å². The number of nitrogens with zero attached hydrogens (tertiary/aromatic N) is 1. The van der Waals surface area contributed by atoms with E-state index in [-0.39, 0.29) is 6.04 Å². The highest BCUT2D eigenvalue weighted by Gasteiger charge is 2.16. The molecule has 3 aromatic rings. The zero-order valence-electron chi connectivity index (χ0n) is 12.7. The van der Waals surface area contributed by atoms with E-state index in [1.54, 1.807) is 0 Å². The van der Waals surface area contributed by atoms with Crippen molar-refractivity contribution < 1.29 is 4.42 Å². The third-order valence-corrected chi connectivity index (χ3v) is 3.79. The minimum Gasteiger partial charge on any atom is -0.464 e. The predicted octanol–water partition coefficient (Wildman–Crippen LogP) is 4.01. The van der Waals surface area contributed by atoms with Gasteiger partial charge >= 0.3 is 0 Å². The number of furan rings is 1. The summed E-state index contributed by atoms with van der Waals surface area (Å²) in [5.41, 5.74) is 3.26. The Labute approximate surface area is 125 Å². The van der Waals surface area contributed by atoms with Gasteiger partial charge in [0.05, 0.1) is 11.6 Å². The third-order valence-electron chi connectivity index (χ3n) is 3.79. The highest BCUT2D eigenvalue weighted by atomic mass is 16.3. The predicted molar refractivity (Wildman–Crippen MR) is 85.5 cm³/mol. The lowest BCUT2D eigenvalue weighted by molar-refractivity contribution is 0.434. The van der Waals surface area contributed by atoms with Crippen LogP contribution in [0, 0.1) is 6.92 Å². The SMILES string of the molecule is CCc1ccc(C(NC)c2ccc3nc(C)ccc3c2)o1. The Kier molecular flexibility index (Phi) is 3.76. The summed E-state index contributed by atoms with van der Waals surface area (Å²) in [5, 5.41) is 4.49. The van der Waals surface area contributed by atoms with Gasteiger partial charge in [0.2, 0.25) is 0 Å². The summed E-state index contributed by atoms with van der Waals surface area (Å²) < 4.78 is 5.89. The van der Waals surface area contributed by atoms with E-state index >= 15 is 0 Å². The number of benzene rings is 1. The van der Waals surface area contributed by atoms with E-state index in [0.29, 0.717) is 0 Å². The molecule has 0 radical (unpaired) electrons. The van der Waals surface area contributed by atoms with E-state index in [0.717, 1.165) is 34.5 Å². The van der Waals surface area contributed by atoms with Gasteiger partial charge in [0.1, 0.15) is 11.5 Å². The first-order valence-corrected chi connectivity index (χ1v) is 7.34. The van der Waals surface area contributed by atoms with Gasteiger partial charge in [-0.05, 0) is 49.9 Å². The lowest BCUT2D eigenvalue weighted by Gasteiger charge is -2.15. The molecule has 1 aromatic carbocycles. The molecular weight excluding hydrogens is 260 g/mol. The minimum absolute atomic E-state index is 0.0657. The van der Waals surface area contributed by atoms with Crippen molar-refractivity contribution in [2.45, 2.75) is 26.3 Å². The molecular formula is C18H20N2O. The molecule has 21 heavy (non-hydrogen) atoms. The Hall–Kier alpha value is -2.13.